The largest absolute Gasteiger partial charge is 0.492 e. The lowest BCUT2D eigenvalue weighted by atomic mass is 9.96. The van der Waals surface area contributed by atoms with Crippen LogP contribution in [0.15, 0.2) is 18.2 Å². The zero-order valence-corrected chi connectivity index (χ0v) is 9.99. The van der Waals surface area contributed by atoms with Crippen molar-refractivity contribution in [3.05, 3.63) is 24.0 Å². The summed E-state index contributed by atoms with van der Waals surface area (Å²) in [6.07, 6.45) is 3.88. The molecule has 2 radical (unpaired) electrons. The van der Waals surface area contributed by atoms with Gasteiger partial charge in [0.25, 0.3) is 0 Å². The van der Waals surface area contributed by atoms with Gasteiger partial charge in [-0.15, -0.1) is 0 Å². The maximum Gasteiger partial charge on any atom is 0.122 e. The van der Waals surface area contributed by atoms with Crippen LogP contribution in [0.5, 0.6) is 5.75 Å². The van der Waals surface area contributed by atoms with Gasteiger partial charge in [-0.05, 0) is 32.0 Å². The number of likely N-dealkylation sites (tertiary alicyclic amines) is 1. The molecule has 0 saturated carbocycles. The number of nitrogens with zero attached hydrogens (tertiary/aromatic N) is 1. The van der Waals surface area contributed by atoms with Gasteiger partial charge in [0.2, 0.25) is 0 Å². The Morgan fingerprint density at radius 1 is 1.24 bits per heavy atom. The van der Waals surface area contributed by atoms with Crippen LogP contribution in [-0.2, 0) is 0 Å². The van der Waals surface area contributed by atoms with E-state index in [9.17, 15) is 4.39 Å². The molecule has 0 aliphatic carbocycles. The molecule has 1 fully saturated rings. The molecular formula is C13H17BFNO. The molecule has 1 saturated heterocycles. The lowest BCUT2D eigenvalue weighted by molar-refractivity contribution is 0.183. The van der Waals surface area contributed by atoms with Crippen molar-refractivity contribution in [2.24, 2.45) is 0 Å². The van der Waals surface area contributed by atoms with E-state index in [4.69, 9.17) is 12.6 Å². The van der Waals surface area contributed by atoms with Crippen LogP contribution in [0.4, 0.5) is 4.39 Å². The number of benzene rings is 1. The molecule has 0 bridgehead atoms. The summed E-state index contributed by atoms with van der Waals surface area (Å²) >= 11 is 0. The minimum Gasteiger partial charge on any atom is -0.492 e. The SMILES string of the molecule is [B]c1ccc(OCCN2CCCCC2)cc1F. The molecule has 0 aromatic heterocycles. The van der Waals surface area contributed by atoms with E-state index in [1.54, 1.807) is 6.07 Å². The average molecular weight is 233 g/mol. The molecule has 0 amide bonds. The molecule has 2 nitrogen and oxygen atoms in total. The first kappa shape index (κ1) is 12.4. The average Bonchev–Trinajstić information content (AvgIpc) is 2.35. The van der Waals surface area contributed by atoms with Crippen molar-refractivity contribution in [3.8, 4) is 5.75 Å². The molecule has 0 atom stereocenters. The van der Waals surface area contributed by atoms with Crippen LogP contribution in [0.2, 0.25) is 0 Å². The molecular weight excluding hydrogens is 216 g/mol. The van der Waals surface area contributed by atoms with E-state index < -0.39 is 5.82 Å². The van der Waals surface area contributed by atoms with Crippen molar-refractivity contribution in [2.45, 2.75) is 19.3 Å². The molecule has 1 aromatic rings. The van der Waals surface area contributed by atoms with E-state index in [-0.39, 0.29) is 5.46 Å². The summed E-state index contributed by atoms with van der Waals surface area (Å²) in [5.41, 5.74) is 0.161. The quantitative estimate of drug-likeness (QED) is 0.730. The van der Waals surface area contributed by atoms with Crippen LogP contribution in [0, 0.1) is 5.82 Å². The molecule has 1 aromatic carbocycles. The standard InChI is InChI=1S/C13H17BFNO/c14-12-5-4-11(10-13(12)15)17-9-8-16-6-2-1-3-7-16/h4-5,10H,1-3,6-9H2. The van der Waals surface area contributed by atoms with Crippen molar-refractivity contribution in [1.29, 1.82) is 0 Å². The third kappa shape index (κ3) is 3.74. The van der Waals surface area contributed by atoms with Gasteiger partial charge in [-0.25, -0.2) is 4.39 Å². The first-order chi connectivity index (χ1) is 8.25. The zero-order valence-electron chi connectivity index (χ0n) is 9.99. The summed E-state index contributed by atoms with van der Waals surface area (Å²) < 4.78 is 18.7. The van der Waals surface area contributed by atoms with Crippen molar-refractivity contribution in [1.82, 2.24) is 4.90 Å². The highest BCUT2D eigenvalue weighted by Crippen LogP contribution is 2.11. The highest BCUT2D eigenvalue weighted by atomic mass is 19.1. The maximum absolute atomic E-state index is 13.1. The normalized spacial score (nSPS) is 17.0. The number of rotatable bonds is 4. The molecule has 0 unspecified atom stereocenters. The molecule has 2 rings (SSSR count). The predicted molar refractivity (Wildman–Crippen MR) is 67.6 cm³/mol. The molecule has 0 N–H and O–H groups in total. The summed E-state index contributed by atoms with van der Waals surface area (Å²) in [5.74, 6) is 0.134. The second kappa shape index (κ2) is 6.06. The third-order valence-corrected chi connectivity index (χ3v) is 3.10. The molecule has 1 aliphatic heterocycles. The molecule has 0 spiro atoms. The first-order valence-corrected chi connectivity index (χ1v) is 6.16. The Bertz CT molecular complexity index is 366. The van der Waals surface area contributed by atoms with Crippen molar-refractivity contribution >= 4 is 13.3 Å². The van der Waals surface area contributed by atoms with E-state index in [1.807, 2.05) is 0 Å². The fourth-order valence-electron chi connectivity index (χ4n) is 2.07. The zero-order chi connectivity index (χ0) is 12.1. The molecule has 4 heteroatoms. The Labute approximate surface area is 103 Å². The third-order valence-electron chi connectivity index (χ3n) is 3.10. The predicted octanol–water partition coefficient (Wildman–Crippen LogP) is 1.48. The summed E-state index contributed by atoms with van der Waals surface area (Å²) in [7, 11) is 5.40. The Morgan fingerprint density at radius 2 is 2.00 bits per heavy atom. The fourth-order valence-corrected chi connectivity index (χ4v) is 2.07. The second-order valence-corrected chi connectivity index (χ2v) is 4.43. The monoisotopic (exact) mass is 233 g/mol. The first-order valence-electron chi connectivity index (χ1n) is 6.16. The highest BCUT2D eigenvalue weighted by molar-refractivity contribution is 6.32. The van der Waals surface area contributed by atoms with Gasteiger partial charge < -0.3 is 4.74 Å². The second-order valence-electron chi connectivity index (χ2n) is 4.43. The number of hydrogen-bond acceptors (Lipinski definition) is 2. The van der Waals surface area contributed by atoms with E-state index >= 15 is 0 Å². The molecule has 1 heterocycles. The number of ether oxygens (including phenoxy) is 1. The number of hydrogen-bond donors (Lipinski definition) is 0. The van der Waals surface area contributed by atoms with E-state index in [2.05, 4.69) is 4.90 Å². The summed E-state index contributed by atoms with van der Waals surface area (Å²) in [6, 6.07) is 4.58. The number of piperidine rings is 1. The molecule has 1 aliphatic rings. The van der Waals surface area contributed by atoms with Gasteiger partial charge in [-0.3, -0.25) is 4.90 Å². The van der Waals surface area contributed by atoms with Gasteiger partial charge in [-0.2, -0.15) is 0 Å². The number of halogens is 1. The Morgan fingerprint density at radius 3 is 2.71 bits per heavy atom. The van der Waals surface area contributed by atoms with Crippen molar-refractivity contribution < 1.29 is 9.13 Å². The van der Waals surface area contributed by atoms with E-state index in [0.717, 1.165) is 19.6 Å². The van der Waals surface area contributed by atoms with E-state index in [0.29, 0.717) is 12.4 Å². The van der Waals surface area contributed by atoms with Gasteiger partial charge in [0.15, 0.2) is 0 Å². The van der Waals surface area contributed by atoms with E-state index in [1.165, 1.54) is 31.4 Å². The smallest absolute Gasteiger partial charge is 0.122 e. The maximum atomic E-state index is 13.1. The van der Waals surface area contributed by atoms with Crippen LogP contribution in [0.3, 0.4) is 0 Å². The van der Waals surface area contributed by atoms with Crippen LogP contribution < -0.4 is 10.2 Å². The summed E-state index contributed by atoms with van der Waals surface area (Å²) in [4.78, 5) is 2.39. The van der Waals surface area contributed by atoms with Crippen molar-refractivity contribution in [3.63, 3.8) is 0 Å². The van der Waals surface area contributed by atoms with Crippen LogP contribution >= 0.6 is 0 Å². The van der Waals surface area contributed by atoms with Crippen LogP contribution in [0.1, 0.15) is 19.3 Å². The molecule has 90 valence electrons. The highest BCUT2D eigenvalue weighted by Gasteiger charge is 2.09. The summed E-state index contributed by atoms with van der Waals surface area (Å²) in [5, 5.41) is 0. The Kier molecular flexibility index (Phi) is 4.43. The lowest BCUT2D eigenvalue weighted by Crippen LogP contribution is -2.33. The Hall–Kier alpha value is -1.03. The fraction of sp³-hybridized carbons (Fsp3) is 0.538. The lowest BCUT2D eigenvalue weighted by Gasteiger charge is -2.26. The van der Waals surface area contributed by atoms with Crippen LogP contribution in [0.25, 0.3) is 0 Å². The van der Waals surface area contributed by atoms with Gasteiger partial charge in [0, 0.05) is 12.6 Å². The van der Waals surface area contributed by atoms with Gasteiger partial charge >= 0.3 is 0 Å². The van der Waals surface area contributed by atoms with Gasteiger partial charge in [0.05, 0.1) is 0 Å². The van der Waals surface area contributed by atoms with Crippen molar-refractivity contribution in [2.75, 3.05) is 26.2 Å². The van der Waals surface area contributed by atoms with Gasteiger partial charge in [0.1, 0.15) is 26.0 Å². The minimum absolute atomic E-state index is 0.161. The Balaban J connectivity index is 1.75. The summed E-state index contributed by atoms with van der Waals surface area (Å²) in [6.45, 7) is 3.81. The topological polar surface area (TPSA) is 12.5 Å². The minimum atomic E-state index is -0.416. The molecule has 17 heavy (non-hydrogen) atoms. The van der Waals surface area contributed by atoms with Gasteiger partial charge in [-0.1, -0.05) is 17.9 Å². The van der Waals surface area contributed by atoms with Crippen LogP contribution in [-0.4, -0.2) is 39.0 Å².